The lowest BCUT2D eigenvalue weighted by atomic mass is 9.94. The third kappa shape index (κ3) is 2.87. The van der Waals surface area contributed by atoms with Crippen LogP contribution in [0.4, 0.5) is 0 Å². The van der Waals surface area contributed by atoms with E-state index in [1.165, 1.54) is 12.5 Å². The smallest absolute Gasteiger partial charge is 0.243 e. The zero-order valence-electron chi connectivity index (χ0n) is 8.55. The molecule has 0 heterocycles. The van der Waals surface area contributed by atoms with Gasteiger partial charge in [-0.1, -0.05) is 20.4 Å². The molecule has 2 atom stereocenters. The summed E-state index contributed by atoms with van der Waals surface area (Å²) in [5, 5.41) is 2.96. The highest BCUT2D eigenvalue weighted by Crippen LogP contribution is 2.31. The maximum Gasteiger partial charge on any atom is 0.243 e. The van der Waals surface area contributed by atoms with Gasteiger partial charge in [-0.2, -0.15) is 0 Å². The molecule has 1 saturated carbocycles. The van der Waals surface area contributed by atoms with Crippen molar-refractivity contribution in [2.75, 3.05) is 0 Å². The van der Waals surface area contributed by atoms with E-state index in [1.54, 1.807) is 0 Å². The highest BCUT2D eigenvalue weighted by Gasteiger charge is 2.26. The quantitative estimate of drug-likeness (QED) is 0.664. The molecule has 1 amide bonds. The second-order valence-electron chi connectivity index (χ2n) is 4.23. The Morgan fingerprint density at radius 3 is 2.69 bits per heavy atom. The molecule has 0 radical (unpaired) electrons. The maximum absolute atomic E-state index is 11.0. The number of carbonyl (C=O) groups is 1. The van der Waals surface area contributed by atoms with E-state index in [9.17, 15) is 4.79 Å². The summed E-state index contributed by atoms with van der Waals surface area (Å²) in [4.78, 5) is 11.0. The molecule has 0 spiro atoms. The molecular formula is C11H19NO. The van der Waals surface area contributed by atoms with Crippen LogP contribution in [-0.4, -0.2) is 11.9 Å². The fourth-order valence-corrected chi connectivity index (χ4v) is 2.01. The third-order valence-electron chi connectivity index (χ3n) is 2.95. The summed E-state index contributed by atoms with van der Waals surface area (Å²) < 4.78 is 0. The Labute approximate surface area is 80.4 Å². The predicted octanol–water partition coefficient (Wildman–Crippen LogP) is 2.11. The van der Waals surface area contributed by atoms with Crippen molar-refractivity contribution >= 4 is 5.91 Å². The fourth-order valence-electron chi connectivity index (χ4n) is 2.01. The first-order valence-corrected chi connectivity index (χ1v) is 5.06. The molecule has 0 bridgehead atoms. The first-order chi connectivity index (χ1) is 6.13. The van der Waals surface area contributed by atoms with Crippen molar-refractivity contribution in [2.24, 2.45) is 11.8 Å². The van der Waals surface area contributed by atoms with E-state index >= 15 is 0 Å². The van der Waals surface area contributed by atoms with E-state index in [0.717, 1.165) is 24.7 Å². The largest absolute Gasteiger partial charge is 0.350 e. The fraction of sp³-hybridized carbons (Fsp3) is 0.727. The molecule has 2 heteroatoms. The lowest BCUT2D eigenvalue weighted by Gasteiger charge is -2.14. The van der Waals surface area contributed by atoms with E-state index in [4.69, 9.17) is 0 Å². The molecule has 0 saturated heterocycles. The summed E-state index contributed by atoms with van der Waals surface area (Å²) in [5.41, 5.74) is 0. The molecule has 1 rings (SSSR count). The second kappa shape index (κ2) is 4.45. The van der Waals surface area contributed by atoms with Crippen LogP contribution >= 0.6 is 0 Å². The summed E-state index contributed by atoms with van der Waals surface area (Å²) >= 11 is 0. The zero-order valence-corrected chi connectivity index (χ0v) is 8.55. The molecule has 13 heavy (non-hydrogen) atoms. The Kier molecular flexibility index (Phi) is 3.52. The first kappa shape index (κ1) is 10.3. The first-order valence-electron chi connectivity index (χ1n) is 5.06. The van der Waals surface area contributed by atoms with Crippen molar-refractivity contribution in [3.05, 3.63) is 12.7 Å². The van der Waals surface area contributed by atoms with Gasteiger partial charge in [0.15, 0.2) is 0 Å². The van der Waals surface area contributed by atoms with E-state index in [-0.39, 0.29) is 5.91 Å². The van der Waals surface area contributed by atoms with Crippen molar-refractivity contribution in [2.45, 2.75) is 39.2 Å². The van der Waals surface area contributed by atoms with Crippen LogP contribution in [0, 0.1) is 11.8 Å². The summed E-state index contributed by atoms with van der Waals surface area (Å²) in [5.74, 6) is 1.50. The number of nitrogens with one attached hydrogen (secondary N) is 1. The Morgan fingerprint density at radius 2 is 2.23 bits per heavy atom. The summed E-state index contributed by atoms with van der Waals surface area (Å²) in [6, 6.07) is 0.387. The maximum atomic E-state index is 11.0. The SMILES string of the molecule is C=CC(=O)N[C@H]1CCC(C(C)C)C1. The van der Waals surface area contributed by atoms with Crippen molar-refractivity contribution in [1.82, 2.24) is 5.32 Å². The molecule has 2 nitrogen and oxygen atoms in total. The van der Waals surface area contributed by atoms with E-state index in [0.29, 0.717) is 6.04 Å². The van der Waals surface area contributed by atoms with Gasteiger partial charge < -0.3 is 5.32 Å². The lowest BCUT2D eigenvalue weighted by Crippen LogP contribution is -2.31. The minimum atomic E-state index is -0.0330. The summed E-state index contributed by atoms with van der Waals surface area (Å²) in [7, 11) is 0. The Bertz CT molecular complexity index is 198. The molecule has 0 aromatic carbocycles. The average Bonchev–Trinajstić information content (AvgIpc) is 2.52. The number of carbonyl (C=O) groups excluding carboxylic acids is 1. The van der Waals surface area contributed by atoms with Gasteiger partial charge in [-0.15, -0.1) is 0 Å². The number of hydrogen-bond acceptors (Lipinski definition) is 1. The van der Waals surface area contributed by atoms with Crippen LogP contribution in [-0.2, 0) is 4.79 Å². The van der Waals surface area contributed by atoms with Crippen LogP contribution in [0.25, 0.3) is 0 Å². The molecule has 74 valence electrons. The Balaban J connectivity index is 2.33. The van der Waals surface area contributed by atoms with Gasteiger partial charge in [-0.25, -0.2) is 0 Å². The number of rotatable bonds is 3. The van der Waals surface area contributed by atoms with Gasteiger partial charge >= 0.3 is 0 Å². The van der Waals surface area contributed by atoms with E-state index in [2.05, 4.69) is 25.7 Å². The molecule has 1 aliphatic rings. The summed E-state index contributed by atoms with van der Waals surface area (Å²) in [6.07, 6.45) is 4.86. The van der Waals surface area contributed by atoms with Crippen LogP contribution in [0.2, 0.25) is 0 Å². The van der Waals surface area contributed by atoms with Gasteiger partial charge in [0.1, 0.15) is 0 Å². The van der Waals surface area contributed by atoms with Gasteiger partial charge in [0.05, 0.1) is 0 Å². The van der Waals surface area contributed by atoms with Crippen molar-refractivity contribution in [3.63, 3.8) is 0 Å². The standard InChI is InChI=1S/C11H19NO/c1-4-11(13)12-10-6-5-9(7-10)8(2)3/h4,8-10H,1,5-7H2,2-3H3,(H,12,13)/t9?,10-/m0/s1. The predicted molar refractivity (Wildman–Crippen MR) is 54.3 cm³/mol. The highest BCUT2D eigenvalue weighted by atomic mass is 16.1. The molecule has 0 aliphatic heterocycles. The molecule has 1 fully saturated rings. The van der Waals surface area contributed by atoms with Crippen molar-refractivity contribution in [3.8, 4) is 0 Å². The zero-order chi connectivity index (χ0) is 9.84. The topological polar surface area (TPSA) is 29.1 Å². The minimum Gasteiger partial charge on any atom is -0.350 e. The van der Waals surface area contributed by atoms with Gasteiger partial charge in [0.25, 0.3) is 0 Å². The molecule has 0 aromatic rings. The number of hydrogen-bond donors (Lipinski definition) is 1. The number of amides is 1. The van der Waals surface area contributed by atoms with Crippen LogP contribution in [0.5, 0.6) is 0 Å². The van der Waals surface area contributed by atoms with Crippen LogP contribution in [0.1, 0.15) is 33.1 Å². The Hall–Kier alpha value is -0.790. The highest BCUT2D eigenvalue weighted by molar-refractivity contribution is 5.87. The Morgan fingerprint density at radius 1 is 1.54 bits per heavy atom. The van der Waals surface area contributed by atoms with Gasteiger partial charge in [0, 0.05) is 6.04 Å². The van der Waals surface area contributed by atoms with E-state index < -0.39 is 0 Å². The van der Waals surface area contributed by atoms with E-state index in [1.807, 2.05) is 0 Å². The molecular weight excluding hydrogens is 162 g/mol. The van der Waals surface area contributed by atoms with Crippen LogP contribution in [0.3, 0.4) is 0 Å². The van der Waals surface area contributed by atoms with Crippen LogP contribution in [0.15, 0.2) is 12.7 Å². The summed E-state index contributed by atoms with van der Waals surface area (Å²) in [6.45, 7) is 7.95. The average molecular weight is 181 g/mol. The minimum absolute atomic E-state index is 0.0330. The monoisotopic (exact) mass is 181 g/mol. The molecule has 1 unspecified atom stereocenters. The molecule has 1 aliphatic carbocycles. The lowest BCUT2D eigenvalue weighted by molar-refractivity contribution is -0.117. The van der Waals surface area contributed by atoms with Gasteiger partial charge in [-0.05, 0) is 37.2 Å². The normalized spacial score (nSPS) is 27.6. The van der Waals surface area contributed by atoms with Gasteiger partial charge in [0.2, 0.25) is 5.91 Å². The van der Waals surface area contributed by atoms with Crippen LogP contribution < -0.4 is 5.32 Å². The third-order valence-corrected chi connectivity index (χ3v) is 2.95. The van der Waals surface area contributed by atoms with Crippen molar-refractivity contribution < 1.29 is 4.79 Å². The van der Waals surface area contributed by atoms with Crippen molar-refractivity contribution in [1.29, 1.82) is 0 Å². The molecule has 1 N–H and O–H groups in total. The second-order valence-corrected chi connectivity index (χ2v) is 4.23. The molecule has 0 aromatic heterocycles. The van der Waals surface area contributed by atoms with Gasteiger partial charge in [-0.3, -0.25) is 4.79 Å².